The van der Waals surface area contributed by atoms with Crippen LogP contribution in [0.2, 0.25) is 0 Å². The van der Waals surface area contributed by atoms with Crippen molar-refractivity contribution in [1.82, 2.24) is 4.90 Å². The molecule has 0 aromatic heterocycles. The van der Waals surface area contributed by atoms with Crippen LogP contribution in [0.3, 0.4) is 0 Å². The lowest BCUT2D eigenvalue weighted by Crippen LogP contribution is -2.36. The average molecular weight is 210 g/mol. The van der Waals surface area contributed by atoms with Gasteiger partial charge in [-0.2, -0.15) is 0 Å². The predicted molar refractivity (Wildman–Crippen MR) is 61.3 cm³/mol. The molecule has 1 aromatic rings. The van der Waals surface area contributed by atoms with Crippen LogP contribution in [0.4, 0.5) is 4.39 Å². The number of nitrogens with two attached hydrogens (primary N) is 1. The van der Waals surface area contributed by atoms with Crippen molar-refractivity contribution in [3.8, 4) is 0 Å². The van der Waals surface area contributed by atoms with E-state index in [1.807, 2.05) is 19.2 Å². The highest BCUT2D eigenvalue weighted by Gasteiger charge is 2.08. The van der Waals surface area contributed by atoms with Gasteiger partial charge in [-0.1, -0.05) is 18.2 Å². The maximum atomic E-state index is 13.3. The molecule has 0 radical (unpaired) electrons. The van der Waals surface area contributed by atoms with Crippen molar-refractivity contribution < 1.29 is 4.39 Å². The van der Waals surface area contributed by atoms with E-state index in [2.05, 4.69) is 11.8 Å². The van der Waals surface area contributed by atoms with Crippen molar-refractivity contribution in [2.24, 2.45) is 5.73 Å². The van der Waals surface area contributed by atoms with Gasteiger partial charge in [-0.15, -0.1) is 0 Å². The largest absolute Gasteiger partial charge is 0.329 e. The molecule has 1 rings (SSSR count). The first-order valence-electron chi connectivity index (χ1n) is 5.29. The Balaban J connectivity index is 2.47. The molecule has 2 N–H and O–H groups in total. The fourth-order valence-corrected chi connectivity index (χ4v) is 1.40. The molecular formula is C12H19FN2. The van der Waals surface area contributed by atoms with E-state index in [0.29, 0.717) is 12.6 Å². The van der Waals surface area contributed by atoms with Crippen LogP contribution in [0, 0.1) is 5.82 Å². The van der Waals surface area contributed by atoms with Crippen molar-refractivity contribution in [1.29, 1.82) is 0 Å². The van der Waals surface area contributed by atoms with Crippen molar-refractivity contribution in [2.45, 2.75) is 19.4 Å². The first-order valence-corrected chi connectivity index (χ1v) is 5.29. The maximum Gasteiger partial charge on any atom is 0.126 e. The third-order valence-electron chi connectivity index (χ3n) is 2.79. The molecule has 0 aliphatic heterocycles. The quantitative estimate of drug-likeness (QED) is 0.800. The van der Waals surface area contributed by atoms with Gasteiger partial charge in [0, 0.05) is 19.1 Å². The lowest BCUT2D eigenvalue weighted by atomic mass is 10.1. The van der Waals surface area contributed by atoms with E-state index in [1.54, 1.807) is 6.07 Å². The Morgan fingerprint density at radius 2 is 2.07 bits per heavy atom. The molecule has 0 spiro atoms. The summed E-state index contributed by atoms with van der Waals surface area (Å²) < 4.78 is 13.3. The molecule has 0 bridgehead atoms. The first kappa shape index (κ1) is 12.1. The van der Waals surface area contributed by atoms with E-state index in [9.17, 15) is 4.39 Å². The van der Waals surface area contributed by atoms with Crippen LogP contribution >= 0.6 is 0 Å². The summed E-state index contributed by atoms with van der Waals surface area (Å²) in [6.45, 7) is 3.54. The minimum atomic E-state index is -0.119. The zero-order valence-electron chi connectivity index (χ0n) is 9.41. The van der Waals surface area contributed by atoms with Gasteiger partial charge in [-0.25, -0.2) is 4.39 Å². The average Bonchev–Trinajstić information content (AvgIpc) is 2.26. The fourth-order valence-electron chi connectivity index (χ4n) is 1.40. The van der Waals surface area contributed by atoms with Gasteiger partial charge in [0.05, 0.1) is 0 Å². The van der Waals surface area contributed by atoms with Crippen molar-refractivity contribution in [2.75, 3.05) is 20.1 Å². The van der Waals surface area contributed by atoms with Crippen molar-refractivity contribution in [3.63, 3.8) is 0 Å². The SMILES string of the molecule is CC(CN)N(C)CCc1ccccc1F. The molecule has 2 nitrogen and oxygen atoms in total. The van der Waals surface area contributed by atoms with Gasteiger partial charge in [0.25, 0.3) is 0 Å². The lowest BCUT2D eigenvalue weighted by molar-refractivity contribution is 0.265. The third kappa shape index (κ3) is 3.61. The van der Waals surface area contributed by atoms with E-state index >= 15 is 0 Å². The van der Waals surface area contributed by atoms with Crippen LogP contribution in [0.5, 0.6) is 0 Å². The molecule has 3 heteroatoms. The molecule has 1 unspecified atom stereocenters. The molecule has 0 amide bonds. The number of hydrogen-bond donors (Lipinski definition) is 1. The number of benzene rings is 1. The predicted octanol–water partition coefficient (Wildman–Crippen LogP) is 1.65. The van der Waals surface area contributed by atoms with Gasteiger partial charge in [0.2, 0.25) is 0 Å². The van der Waals surface area contributed by atoms with Crippen molar-refractivity contribution >= 4 is 0 Å². The normalized spacial score (nSPS) is 13.1. The second kappa shape index (κ2) is 5.83. The summed E-state index contributed by atoms with van der Waals surface area (Å²) in [6, 6.07) is 7.25. The molecule has 1 atom stereocenters. The Morgan fingerprint density at radius 1 is 1.40 bits per heavy atom. The van der Waals surface area contributed by atoms with E-state index in [-0.39, 0.29) is 5.82 Å². The van der Waals surface area contributed by atoms with Crippen LogP contribution in [0.1, 0.15) is 12.5 Å². The van der Waals surface area contributed by atoms with E-state index in [0.717, 1.165) is 18.5 Å². The fraction of sp³-hybridized carbons (Fsp3) is 0.500. The third-order valence-corrected chi connectivity index (χ3v) is 2.79. The molecule has 0 saturated heterocycles. The summed E-state index contributed by atoms with van der Waals surface area (Å²) in [5, 5.41) is 0. The highest BCUT2D eigenvalue weighted by atomic mass is 19.1. The number of rotatable bonds is 5. The van der Waals surface area contributed by atoms with Crippen molar-refractivity contribution in [3.05, 3.63) is 35.6 Å². The summed E-state index contributed by atoms with van der Waals surface area (Å²) in [7, 11) is 2.01. The Labute approximate surface area is 90.9 Å². The van der Waals surface area contributed by atoms with Crippen LogP contribution in [0.15, 0.2) is 24.3 Å². The summed E-state index contributed by atoms with van der Waals surface area (Å²) in [4.78, 5) is 2.15. The van der Waals surface area contributed by atoms with E-state index < -0.39 is 0 Å². The number of hydrogen-bond acceptors (Lipinski definition) is 2. The monoisotopic (exact) mass is 210 g/mol. The molecular weight excluding hydrogens is 191 g/mol. The van der Waals surface area contributed by atoms with Crippen LogP contribution in [-0.4, -0.2) is 31.1 Å². The summed E-state index contributed by atoms with van der Waals surface area (Å²) in [5.41, 5.74) is 6.33. The minimum Gasteiger partial charge on any atom is -0.329 e. The maximum absolute atomic E-state index is 13.3. The van der Waals surface area contributed by atoms with Gasteiger partial charge in [-0.3, -0.25) is 0 Å². The summed E-state index contributed by atoms with van der Waals surface area (Å²) in [6.07, 6.45) is 0.730. The zero-order valence-corrected chi connectivity index (χ0v) is 9.41. The molecule has 0 aliphatic rings. The number of nitrogens with zero attached hydrogens (tertiary/aromatic N) is 1. The second-order valence-electron chi connectivity index (χ2n) is 3.91. The summed E-state index contributed by atoms with van der Waals surface area (Å²) in [5.74, 6) is -0.119. The number of likely N-dealkylation sites (N-methyl/N-ethyl adjacent to an activating group) is 1. The van der Waals surface area contributed by atoms with Crippen LogP contribution in [0.25, 0.3) is 0 Å². The van der Waals surface area contributed by atoms with Gasteiger partial charge >= 0.3 is 0 Å². The van der Waals surface area contributed by atoms with Crippen LogP contribution < -0.4 is 5.73 Å². The Bertz CT molecular complexity index is 301. The standard InChI is InChI=1S/C12H19FN2/c1-10(9-14)15(2)8-7-11-5-3-4-6-12(11)13/h3-6,10H,7-9,14H2,1-2H3. The Morgan fingerprint density at radius 3 is 2.67 bits per heavy atom. The molecule has 84 valence electrons. The van der Waals surface area contributed by atoms with Gasteiger partial charge in [0.15, 0.2) is 0 Å². The number of halogens is 1. The van der Waals surface area contributed by atoms with Gasteiger partial charge in [0.1, 0.15) is 5.82 Å². The first-order chi connectivity index (χ1) is 7.15. The molecule has 0 aliphatic carbocycles. The molecule has 0 fully saturated rings. The molecule has 15 heavy (non-hydrogen) atoms. The zero-order chi connectivity index (χ0) is 11.3. The highest BCUT2D eigenvalue weighted by Crippen LogP contribution is 2.08. The Hall–Kier alpha value is -0.930. The topological polar surface area (TPSA) is 29.3 Å². The highest BCUT2D eigenvalue weighted by molar-refractivity contribution is 5.17. The van der Waals surface area contributed by atoms with Gasteiger partial charge < -0.3 is 10.6 Å². The van der Waals surface area contributed by atoms with E-state index in [1.165, 1.54) is 6.07 Å². The van der Waals surface area contributed by atoms with Crippen LogP contribution in [-0.2, 0) is 6.42 Å². The minimum absolute atomic E-state index is 0.119. The van der Waals surface area contributed by atoms with Gasteiger partial charge in [-0.05, 0) is 32.0 Å². The molecule has 0 heterocycles. The lowest BCUT2D eigenvalue weighted by Gasteiger charge is -2.23. The molecule has 1 aromatic carbocycles. The Kier molecular flexibility index (Phi) is 4.72. The summed E-state index contributed by atoms with van der Waals surface area (Å²) >= 11 is 0. The van der Waals surface area contributed by atoms with E-state index in [4.69, 9.17) is 5.73 Å². The smallest absolute Gasteiger partial charge is 0.126 e. The second-order valence-corrected chi connectivity index (χ2v) is 3.91. The molecule has 0 saturated carbocycles.